The van der Waals surface area contributed by atoms with E-state index in [1.165, 1.54) is 31.4 Å². The van der Waals surface area contributed by atoms with Crippen LogP contribution in [-0.2, 0) is 24.8 Å². The fourth-order valence-corrected chi connectivity index (χ4v) is 6.13. The number of sulfonamides is 2. The first kappa shape index (κ1) is 20.2. The third-order valence-corrected chi connectivity index (χ3v) is 7.77. The number of rotatable bonds is 5. The molecule has 0 aliphatic carbocycles. The molecule has 1 fully saturated rings. The van der Waals surface area contributed by atoms with Crippen molar-refractivity contribution in [2.45, 2.75) is 18.7 Å². The van der Waals surface area contributed by atoms with E-state index >= 15 is 0 Å². The Bertz CT molecular complexity index is 1140. The maximum absolute atomic E-state index is 12.7. The van der Waals surface area contributed by atoms with Gasteiger partial charge in [0.2, 0.25) is 15.9 Å². The number of nitrogens with one attached hydrogen (secondary N) is 1. The first-order chi connectivity index (χ1) is 13.0. The highest BCUT2D eigenvalue weighted by Crippen LogP contribution is 2.31. The molecule has 1 aliphatic heterocycles. The van der Waals surface area contributed by atoms with Crippen molar-refractivity contribution in [3.05, 3.63) is 48.0 Å². The van der Waals surface area contributed by atoms with Crippen molar-refractivity contribution in [1.29, 1.82) is 0 Å². The fourth-order valence-electron chi connectivity index (χ4n) is 3.04. The first-order valence-electron chi connectivity index (χ1n) is 8.39. The number of hydrogen-bond acceptors (Lipinski definition) is 6. The van der Waals surface area contributed by atoms with Gasteiger partial charge in [0.15, 0.2) is 0 Å². The van der Waals surface area contributed by atoms with Crippen LogP contribution < -0.4 is 13.8 Å². The molecule has 1 N–H and O–H groups in total. The van der Waals surface area contributed by atoms with Gasteiger partial charge in [0.05, 0.1) is 35.1 Å². The van der Waals surface area contributed by atoms with Crippen LogP contribution in [0.15, 0.2) is 47.4 Å². The van der Waals surface area contributed by atoms with E-state index < -0.39 is 31.9 Å². The predicted molar refractivity (Wildman–Crippen MR) is 105 cm³/mol. The molecule has 1 aliphatic rings. The lowest BCUT2D eigenvalue weighted by molar-refractivity contribution is -0.119. The van der Waals surface area contributed by atoms with E-state index in [-0.39, 0.29) is 16.3 Å². The minimum absolute atomic E-state index is 0.0174. The summed E-state index contributed by atoms with van der Waals surface area (Å²) in [6, 6.07) is 10.5. The molecule has 1 heterocycles. The SMILES string of the molecule is COc1cccc(NS(=O)(=O)c2ccc(N3C(=O)C(C)CS3(=O)=O)cc2C)c1. The Morgan fingerprint density at radius 1 is 1.18 bits per heavy atom. The molecule has 0 bridgehead atoms. The normalized spacial score (nSPS) is 18.9. The number of nitrogens with zero attached hydrogens (tertiary/aromatic N) is 1. The molecule has 1 amide bonds. The van der Waals surface area contributed by atoms with Crippen LogP contribution in [0, 0.1) is 12.8 Å². The molecule has 2 aromatic carbocycles. The van der Waals surface area contributed by atoms with Gasteiger partial charge in [-0.25, -0.2) is 21.1 Å². The Labute approximate surface area is 164 Å². The number of carbonyl (C=O) groups is 1. The summed E-state index contributed by atoms with van der Waals surface area (Å²) in [5.41, 5.74) is 0.775. The number of aryl methyl sites for hydroxylation is 1. The van der Waals surface area contributed by atoms with Crippen LogP contribution in [0.1, 0.15) is 12.5 Å². The molecule has 1 atom stereocenters. The van der Waals surface area contributed by atoms with Crippen LogP contribution in [0.2, 0.25) is 0 Å². The van der Waals surface area contributed by atoms with Gasteiger partial charge in [-0.1, -0.05) is 13.0 Å². The van der Waals surface area contributed by atoms with Crippen molar-refractivity contribution in [3.63, 3.8) is 0 Å². The molecule has 1 saturated heterocycles. The van der Waals surface area contributed by atoms with Crippen molar-refractivity contribution in [3.8, 4) is 5.75 Å². The molecule has 0 saturated carbocycles. The average molecular weight is 425 g/mol. The minimum atomic E-state index is -3.92. The molecule has 0 radical (unpaired) electrons. The Kier molecular flexibility index (Phi) is 5.11. The summed E-state index contributed by atoms with van der Waals surface area (Å²) in [5.74, 6) is -0.922. The molecule has 0 spiro atoms. The minimum Gasteiger partial charge on any atom is -0.497 e. The zero-order chi connectivity index (χ0) is 20.7. The van der Waals surface area contributed by atoms with Crippen molar-refractivity contribution in [1.82, 2.24) is 0 Å². The number of carbonyl (C=O) groups excluding carboxylic acids is 1. The predicted octanol–water partition coefficient (Wildman–Crippen LogP) is 2.12. The van der Waals surface area contributed by atoms with Crippen molar-refractivity contribution in [2.75, 3.05) is 21.9 Å². The van der Waals surface area contributed by atoms with Gasteiger partial charge in [-0.15, -0.1) is 0 Å². The van der Waals surface area contributed by atoms with E-state index in [1.54, 1.807) is 32.0 Å². The van der Waals surface area contributed by atoms with E-state index in [0.717, 1.165) is 4.31 Å². The summed E-state index contributed by atoms with van der Waals surface area (Å²) in [7, 11) is -6.20. The molecule has 3 rings (SSSR count). The second kappa shape index (κ2) is 7.10. The second-order valence-electron chi connectivity index (χ2n) is 6.57. The second-order valence-corrected chi connectivity index (χ2v) is 10.1. The van der Waals surface area contributed by atoms with Gasteiger partial charge in [0, 0.05) is 6.07 Å². The molecular formula is C18H20N2O6S2. The zero-order valence-electron chi connectivity index (χ0n) is 15.5. The van der Waals surface area contributed by atoms with E-state index in [4.69, 9.17) is 4.74 Å². The highest BCUT2D eigenvalue weighted by Gasteiger charge is 2.42. The Hall–Kier alpha value is -2.59. The summed E-state index contributed by atoms with van der Waals surface area (Å²) >= 11 is 0. The Balaban J connectivity index is 1.95. The molecule has 2 aromatic rings. The van der Waals surface area contributed by atoms with Gasteiger partial charge in [-0.2, -0.15) is 0 Å². The topological polar surface area (TPSA) is 110 Å². The van der Waals surface area contributed by atoms with Crippen LogP contribution in [0.4, 0.5) is 11.4 Å². The number of anilines is 2. The van der Waals surface area contributed by atoms with Crippen LogP contribution in [-0.4, -0.2) is 35.6 Å². The lowest BCUT2D eigenvalue weighted by Gasteiger charge is -2.17. The number of ether oxygens (including phenoxy) is 1. The van der Waals surface area contributed by atoms with Gasteiger partial charge in [-0.05, 0) is 42.8 Å². The molecule has 10 heteroatoms. The van der Waals surface area contributed by atoms with E-state index in [0.29, 0.717) is 17.0 Å². The third kappa shape index (κ3) is 3.69. The third-order valence-electron chi connectivity index (χ3n) is 4.37. The zero-order valence-corrected chi connectivity index (χ0v) is 17.2. The van der Waals surface area contributed by atoms with Crippen LogP contribution in [0.3, 0.4) is 0 Å². The maximum atomic E-state index is 12.7. The van der Waals surface area contributed by atoms with Crippen molar-refractivity contribution in [2.24, 2.45) is 5.92 Å². The lowest BCUT2D eigenvalue weighted by atomic mass is 10.2. The van der Waals surface area contributed by atoms with Gasteiger partial charge in [0.1, 0.15) is 5.75 Å². The highest BCUT2D eigenvalue weighted by molar-refractivity contribution is 7.94. The summed E-state index contributed by atoms with van der Waals surface area (Å²) in [4.78, 5) is 12.2. The first-order valence-corrected chi connectivity index (χ1v) is 11.5. The molecule has 8 nitrogen and oxygen atoms in total. The monoisotopic (exact) mass is 424 g/mol. The summed E-state index contributed by atoms with van der Waals surface area (Å²) in [6.45, 7) is 3.09. The Morgan fingerprint density at radius 3 is 2.46 bits per heavy atom. The van der Waals surface area contributed by atoms with Crippen LogP contribution in [0.5, 0.6) is 5.75 Å². The molecule has 1 unspecified atom stereocenters. The molecular weight excluding hydrogens is 404 g/mol. The fraction of sp³-hybridized carbons (Fsp3) is 0.278. The number of amides is 1. The van der Waals surface area contributed by atoms with Crippen molar-refractivity contribution < 1.29 is 26.4 Å². The summed E-state index contributed by atoms with van der Waals surface area (Å²) in [6.07, 6.45) is 0. The van der Waals surface area contributed by atoms with Crippen molar-refractivity contribution >= 4 is 37.3 Å². The number of benzene rings is 2. The van der Waals surface area contributed by atoms with Gasteiger partial charge in [0.25, 0.3) is 10.0 Å². The largest absolute Gasteiger partial charge is 0.497 e. The quantitative estimate of drug-likeness (QED) is 0.787. The Morgan fingerprint density at radius 2 is 1.89 bits per heavy atom. The lowest BCUT2D eigenvalue weighted by Crippen LogP contribution is -2.30. The van der Waals surface area contributed by atoms with Crippen LogP contribution in [0.25, 0.3) is 0 Å². The summed E-state index contributed by atoms with van der Waals surface area (Å²) < 4.78 is 58.3. The molecule has 0 aromatic heterocycles. The van der Waals surface area contributed by atoms with Gasteiger partial charge < -0.3 is 4.74 Å². The van der Waals surface area contributed by atoms with E-state index in [1.807, 2.05) is 0 Å². The molecule has 150 valence electrons. The smallest absolute Gasteiger partial charge is 0.262 e. The number of hydrogen-bond donors (Lipinski definition) is 1. The van der Waals surface area contributed by atoms with Gasteiger partial charge in [-0.3, -0.25) is 9.52 Å². The highest BCUT2D eigenvalue weighted by atomic mass is 32.2. The van der Waals surface area contributed by atoms with E-state index in [2.05, 4.69) is 4.72 Å². The maximum Gasteiger partial charge on any atom is 0.262 e. The van der Waals surface area contributed by atoms with Crippen LogP contribution >= 0.6 is 0 Å². The standard InChI is InChI=1S/C18H20N2O6S2/c1-12-9-15(20-18(21)13(2)11-27(20,22)23)7-8-17(12)28(24,25)19-14-5-4-6-16(10-14)26-3/h4-10,13,19H,11H2,1-3H3. The average Bonchev–Trinajstić information content (AvgIpc) is 2.81. The molecule has 28 heavy (non-hydrogen) atoms. The van der Waals surface area contributed by atoms with E-state index in [9.17, 15) is 21.6 Å². The summed E-state index contributed by atoms with van der Waals surface area (Å²) in [5, 5.41) is 0. The number of methoxy groups -OCH3 is 1. The van der Waals surface area contributed by atoms with Gasteiger partial charge >= 0.3 is 0 Å².